The summed E-state index contributed by atoms with van der Waals surface area (Å²) in [6.45, 7) is 0.259. The number of fused-ring (bicyclic) bond motifs is 3. The van der Waals surface area contributed by atoms with E-state index in [4.69, 9.17) is 9.84 Å². The topological polar surface area (TPSA) is 138 Å². The summed E-state index contributed by atoms with van der Waals surface area (Å²) in [5, 5.41) is 23.1. The standard InChI is InChI=1S/C26H25N3O6/c30-23(25(32)33)10-12-28-24(31)16-9-11-27-17(13-16)14-29-26(34)35-15-22-20-7-3-1-5-18(20)19-6-2-4-8-21(19)22/h1-9,11,13,22-23,30H,10,12,14-15H2,(H,28,31)(H,29,34)(H,32,33)/t23-/m0/s1. The average Bonchev–Trinajstić information content (AvgIpc) is 3.20. The lowest BCUT2D eigenvalue weighted by atomic mass is 9.98. The first-order valence-electron chi connectivity index (χ1n) is 11.2. The summed E-state index contributed by atoms with van der Waals surface area (Å²) >= 11 is 0. The van der Waals surface area contributed by atoms with Crippen LogP contribution in [0.25, 0.3) is 11.1 Å². The number of carbonyl (C=O) groups is 3. The molecule has 35 heavy (non-hydrogen) atoms. The highest BCUT2D eigenvalue weighted by molar-refractivity contribution is 5.94. The predicted octanol–water partition coefficient (Wildman–Crippen LogP) is 2.69. The molecular formula is C26H25N3O6. The Morgan fingerprint density at radius 2 is 1.63 bits per heavy atom. The summed E-state index contributed by atoms with van der Waals surface area (Å²) in [6, 6.07) is 19.2. The Morgan fingerprint density at radius 1 is 0.971 bits per heavy atom. The molecule has 4 rings (SSSR count). The third kappa shape index (κ3) is 5.64. The molecule has 1 aromatic heterocycles. The van der Waals surface area contributed by atoms with Gasteiger partial charge in [-0.2, -0.15) is 0 Å². The van der Waals surface area contributed by atoms with Crippen LogP contribution in [0, 0.1) is 0 Å². The van der Waals surface area contributed by atoms with Gasteiger partial charge in [0.25, 0.3) is 5.91 Å². The van der Waals surface area contributed by atoms with Crippen LogP contribution in [-0.2, 0) is 16.1 Å². The minimum absolute atomic E-state index is 0.00194. The van der Waals surface area contributed by atoms with Crippen LogP contribution >= 0.6 is 0 Å². The summed E-state index contributed by atoms with van der Waals surface area (Å²) in [5.41, 5.74) is 5.30. The zero-order valence-corrected chi connectivity index (χ0v) is 18.8. The van der Waals surface area contributed by atoms with Gasteiger partial charge in [0.05, 0.1) is 12.2 Å². The van der Waals surface area contributed by atoms with Gasteiger partial charge in [-0.15, -0.1) is 0 Å². The van der Waals surface area contributed by atoms with Gasteiger partial charge < -0.3 is 25.6 Å². The van der Waals surface area contributed by atoms with Crippen LogP contribution in [0.3, 0.4) is 0 Å². The summed E-state index contributed by atoms with van der Waals surface area (Å²) in [5.74, 6) is -1.82. The lowest BCUT2D eigenvalue weighted by Gasteiger charge is -2.14. The van der Waals surface area contributed by atoms with Gasteiger partial charge in [0.2, 0.25) is 0 Å². The minimum Gasteiger partial charge on any atom is -0.479 e. The van der Waals surface area contributed by atoms with Crippen molar-refractivity contribution < 1.29 is 29.3 Å². The van der Waals surface area contributed by atoms with Crippen molar-refractivity contribution in [2.75, 3.05) is 13.2 Å². The van der Waals surface area contributed by atoms with E-state index in [0.717, 1.165) is 22.3 Å². The molecule has 2 amide bonds. The number of aliphatic carboxylic acids is 1. The van der Waals surface area contributed by atoms with E-state index in [1.165, 1.54) is 18.3 Å². The fourth-order valence-electron chi connectivity index (χ4n) is 4.08. The Morgan fingerprint density at radius 3 is 2.29 bits per heavy atom. The van der Waals surface area contributed by atoms with Crippen LogP contribution in [0.2, 0.25) is 0 Å². The molecule has 1 aliphatic rings. The van der Waals surface area contributed by atoms with Crippen LogP contribution in [0.5, 0.6) is 0 Å². The number of rotatable bonds is 9. The number of aliphatic hydroxyl groups excluding tert-OH is 1. The summed E-state index contributed by atoms with van der Waals surface area (Å²) in [7, 11) is 0. The fourth-order valence-corrected chi connectivity index (χ4v) is 4.08. The molecule has 0 radical (unpaired) electrons. The molecule has 9 heteroatoms. The van der Waals surface area contributed by atoms with Crippen LogP contribution in [-0.4, -0.2) is 52.4 Å². The SMILES string of the molecule is O=C(NCc1cc(C(=O)NCC[C@H](O)C(=O)O)ccn1)OCC1c2ccccc2-c2ccccc21. The number of benzene rings is 2. The second-order valence-electron chi connectivity index (χ2n) is 8.11. The highest BCUT2D eigenvalue weighted by Gasteiger charge is 2.29. The number of hydrogen-bond acceptors (Lipinski definition) is 6. The Hall–Kier alpha value is -4.24. The zero-order chi connectivity index (χ0) is 24.8. The van der Waals surface area contributed by atoms with Crippen LogP contribution in [0.4, 0.5) is 4.79 Å². The number of aliphatic hydroxyl groups is 1. The summed E-state index contributed by atoms with van der Waals surface area (Å²) < 4.78 is 5.51. The van der Waals surface area contributed by atoms with Gasteiger partial charge in [0.1, 0.15) is 6.61 Å². The smallest absolute Gasteiger partial charge is 0.407 e. The number of carboxylic acids is 1. The molecule has 0 saturated heterocycles. The van der Waals surface area contributed by atoms with Gasteiger partial charge in [-0.25, -0.2) is 9.59 Å². The molecule has 180 valence electrons. The quantitative estimate of drug-likeness (QED) is 0.373. The molecule has 1 heterocycles. The van der Waals surface area contributed by atoms with Crippen molar-refractivity contribution in [3.05, 3.63) is 89.2 Å². The second-order valence-corrected chi connectivity index (χ2v) is 8.11. The summed E-state index contributed by atoms with van der Waals surface area (Å²) in [6.07, 6.45) is -0.797. The lowest BCUT2D eigenvalue weighted by Crippen LogP contribution is -2.30. The third-order valence-electron chi connectivity index (χ3n) is 5.82. The van der Waals surface area contributed by atoms with Gasteiger partial charge >= 0.3 is 12.1 Å². The number of aromatic nitrogens is 1. The Kier molecular flexibility index (Phi) is 7.37. The van der Waals surface area contributed by atoms with Crippen LogP contribution < -0.4 is 10.6 Å². The van der Waals surface area contributed by atoms with Crippen LogP contribution in [0.1, 0.15) is 39.5 Å². The molecule has 0 bridgehead atoms. The molecule has 4 N–H and O–H groups in total. The van der Waals surface area contributed by atoms with Crippen molar-refractivity contribution >= 4 is 18.0 Å². The first-order chi connectivity index (χ1) is 16.9. The van der Waals surface area contributed by atoms with E-state index in [2.05, 4.69) is 27.8 Å². The van der Waals surface area contributed by atoms with Crippen molar-refractivity contribution in [2.45, 2.75) is 25.0 Å². The van der Waals surface area contributed by atoms with Gasteiger partial charge in [-0.1, -0.05) is 48.5 Å². The molecule has 1 atom stereocenters. The van der Waals surface area contributed by atoms with Gasteiger partial charge in [0.15, 0.2) is 6.10 Å². The molecule has 1 aliphatic carbocycles. The number of pyridine rings is 1. The van der Waals surface area contributed by atoms with E-state index in [0.29, 0.717) is 11.3 Å². The predicted molar refractivity (Wildman–Crippen MR) is 127 cm³/mol. The zero-order valence-electron chi connectivity index (χ0n) is 18.8. The fraction of sp³-hybridized carbons (Fsp3) is 0.231. The number of amides is 2. The highest BCUT2D eigenvalue weighted by Crippen LogP contribution is 2.44. The van der Waals surface area contributed by atoms with Crippen molar-refractivity contribution in [3.63, 3.8) is 0 Å². The maximum Gasteiger partial charge on any atom is 0.407 e. The van der Waals surface area contributed by atoms with E-state index in [1.54, 1.807) is 0 Å². The highest BCUT2D eigenvalue weighted by atomic mass is 16.5. The van der Waals surface area contributed by atoms with Gasteiger partial charge in [-0.3, -0.25) is 9.78 Å². The molecule has 0 unspecified atom stereocenters. The van der Waals surface area contributed by atoms with Crippen molar-refractivity contribution in [3.8, 4) is 11.1 Å². The average molecular weight is 476 g/mol. The molecule has 9 nitrogen and oxygen atoms in total. The monoisotopic (exact) mass is 475 g/mol. The number of carboxylic acid groups (broad SMARTS) is 1. The van der Waals surface area contributed by atoms with Gasteiger partial charge in [-0.05, 0) is 34.4 Å². The number of nitrogens with zero attached hydrogens (tertiary/aromatic N) is 1. The number of hydrogen-bond donors (Lipinski definition) is 4. The van der Waals surface area contributed by atoms with Crippen molar-refractivity contribution in [1.29, 1.82) is 0 Å². The largest absolute Gasteiger partial charge is 0.479 e. The number of nitrogens with one attached hydrogen (secondary N) is 2. The lowest BCUT2D eigenvalue weighted by molar-refractivity contribution is -0.146. The number of ether oxygens (including phenoxy) is 1. The van der Waals surface area contributed by atoms with Crippen LogP contribution in [0.15, 0.2) is 66.9 Å². The van der Waals surface area contributed by atoms with Crippen molar-refractivity contribution in [1.82, 2.24) is 15.6 Å². The minimum atomic E-state index is -1.54. The first-order valence-corrected chi connectivity index (χ1v) is 11.2. The Bertz CT molecular complexity index is 1200. The molecule has 0 aliphatic heterocycles. The Labute approximate surface area is 201 Å². The molecule has 2 aromatic carbocycles. The number of alkyl carbamates (subject to hydrolysis) is 1. The van der Waals surface area contributed by atoms with Gasteiger partial charge in [0, 0.05) is 30.6 Å². The molecule has 0 saturated carbocycles. The van der Waals surface area contributed by atoms with E-state index in [1.807, 2.05) is 36.4 Å². The second kappa shape index (κ2) is 10.8. The number of carbonyl (C=O) groups excluding carboxylic acids is 2. The molecule has 0 spiro atoms. The first kappa shape index (κ1) is 23.9. The Balaban J connectivity index is 1.29. The summed E-state index contributed by atoms with van der Waals surface area (Å²) in [4.78, 5) is 39.4. The third-order valence-corrected chi connectivity index (χ3v) is 5.82. The molecular weight excluding hydrogens is 450 g/mol. The molecule has 0 fully saturated rings. The van der Waals surface area contributed by atoms with E-state index >= 15 is 0 Å². The van der Waals surface area contributed by atoms with Crippen molar-refractivity contribution in [2.24, 2.45) is 0 Å². The van der Waals surface area contributed by atoms with E-state index < -0.39 is 24.1 Å². The van der Waals surface area contributed by atoms with E-state index in [-0.39, 0.29) is 32.0 Å². The maximum atomic E-state index is 12.4. The normalized spacial score (nSPS) is 12.8. The molecule has 3 aromatic rings. The maximum absolute atomic E-state index is 12.4. The van der Waals surface area contributed by atoms with E-state index in [9.17, 15) is 19.5 Å².